The van der Waals surface area contributed by atoms with Crippen molar-refractivity contribution in [3.8, 4) is 0 Å². The number of hydrogen-bond acceptors (Lipinski definition) is 5. The molecule has 1 rings (SSSR count). The zero-order valence-corrected chi connectivity index (χ0v) is 9.66. The molecule has 0 bridgehead atoms. The third kappa shape index (κ3) is 3.28. The first kappa shape index (κ1) is 12.1. The van der Waals surface area contributed by atoms with E-state index >= 15 is 0 Å². The Kier molecular flexibility index (Phi) is 3.81. The van der Waals surface area contributed by atoms with Gasteiger partial charge >= 0.3 is 0 Å². The van der Waals surface area contributed by atoms with Crippen molar-refractivity contribution in [3.63, 3.8) is 0 Å². The Labute approximate surface area is 88.9 Å². The van der Waals surface area contributed by atoms with Gasteiger partial charge in [-0.05, 0) is 6.42 Å². The van der Waals surface area contributed by atoms with Crippen molar-refractivity contribution in [2.24, 2.45) is 0 Å². The van der Waals surface area contributed by atoms with Gasteiger partial charge in [-0.15, -0.1) is 10.2 Å². The Balaban J connectivity index is 3.02. The van der Waals surface area contributed by atoms with Gasteiger partial charge in [0.1, 0.15) is 18.2 Å². The fraction of sp³-hybridized carbons (Fsp3) is 0.750. The molecular weight excluding hydrogens is 218 g/mol. The van der Waals surface area contributed by atoms with E-state index in [0.29, 0.717) is 18.2 Å². The molecule has 0 aliphatic rings. The summed E-state index contributed by atoms with van der Waals surface area (Å²) in [4.78, 5) is 0. The molecule has 0 saturated carbocycles. The first-order chi connectivity index (χ1) is 6.98. The highest BCUT2D eigenvalue weighted by atomic mass is 32.2. The largest absolute Gasteiger partial charge is 0.388 e. The maximum Gasteiger partial charge on any atom is 0.158 e. The smallest absolute Gasteiger partial charge is 0.158 e. The van der Waals surface area contributed by atoms with Crippen molar-refractivity contribution in [2.45, 2.75) is 32.2 Å². The minimum Gasteiger partial charge on any atom is -0.388 e. The van der Waals surface area contributed by atoms with Gasteiger partial charge in [-0.2, -0.15) is 0 Å². The summed E-state index contributed by atoms with van der Waals surface area (Å²) in [5.41, 5.74) is 0. The van der Waals surface area contributed by atoms with Gasteiger partial charge in [-0.1, -0.05) is 6.92 Å². The number of aliphatic hydroxyl groups is 1. The van der Waals surface area contributed by atoms with Crippen LogP contribution < -0.4 is 0 Å². The van der Waals surface area contributed by atoms with E-state index in [4.69, 9.17) is 5.11 Å². The zero-order valence-electron chi connectivity index (χ0n) is 8.84. The molecule has 1 aromatic heterocycles. The van der Waals surface area contributed by atoms with E-state index in [1.807, 2.05) is 6.92 Å². The van der Waals surface area contributed by atoms with Gasteiger partial charge in [-0.25, -0.2) is 8.42 Å². The third-order valence-corrected chi connectivity index (χ3v) is 2.67. The van der Waals surface area contributed by atoms with Gasteiger partial charge in [-0.3, -0.25) is 0 Å². The van der Waals surface area contributed by atoms with Crippen LogP contribution in [0.4, 0.5) is 0 Å². The van der Waals surface area contributed by atoms with Gasteiger partial charge in [0.25, 0.3) is 0 Å². The molecule has 0 unspecified atom stereocenters. The van der Waals surface area contributed by atoms with E-state index in [9.17, 15) is 8.42 Å². The van der Waals surface area contributed by atoms with Crippen molar-refractivity contribution in [2.75, 3.05) is 6.26 Å². The van der Waals surface area contributed by atoms with Gasteiger partial charge in [0.2, 0.25) is 0 Å². The third-order valence-electron chi connectivity index (χ3n) is 1.88. The second kappa shape index (κ2) is 4.71. The van der Waals surface area contributed by atoms with E-state index in [2.05, 4.69) is 10.2 Å². The summed E-state index contributed by atoms with van der Waals surface area (Å²) in [7, 11) is -3.12. The lowest BCUT2D eigenvalue weighted by Crippen LogP contribution is -2.11. The Bertz CT molecular complexity index is 424. The summed E-state index contributed by atoms with van der Waals surface area (Å²) in [6, 6.07) is 0. The van der Waals surface area contributed by atoms with Gasteiger partial charge < -0.3 is 9.67 Å². The lowest BCUT2D eigenvalue weighted by Gasteiger charge is -2.06. The maximum absolute atomic E-state index is 11.1. The monoisotopic (exact) mass is 233 g/mol. The molecule has 86 valence electrons. The second-order valence-electron chi connectivity index (χ2n) is 3.41. The fourth-order valence-electron chi connectivity index (χ4n) is 1.31. The lowest BCUT2D eigenvalue weighted by molar-refractivity contribution is 0.264. The highest BCUT2D eigenvalue weighted by molar-refractivity contribution is 7.89. The summed E-state index contributed by atoms with van der Waals surface area (Å²) < 4.78 is 23.9. The Morgan fingerprint density at radius 3 is 2.40 bits per heavy atom. The van der Waals surface area contributed by atoms with Crippen molar-refractivity contribution in [1.82, 2.24) is 14.8 Å². The molecule has 0 fully saturated rings. The fourth-order valence-corrected chi connectivity index (χ4v) is 1.99. The molecule has 0 saturated heterocycles. The van der Waals surface area contributed by atoms with Crippen LogP contribution in [0, 0.1) is 0 Å². The topological polar surface area (TPSA) is 85.1 Å². The molecular formula is C8H15N3O3S. The highest BCUT2D eigenvalue weighted by Gasteiger charge is 2.14. The van der Waals surface area contributed by atoms with E-state index in [-0.39, 0.29) is 12.4 Å². The second-order valence-corrected chi connectivity index (χ2v) is 5.55. The van der Waals surface area contributed by atoms with Crippen LogP contribution in [0.15, 0.2) is 0 Å². The Hall–Kier alpha value is -0.950. The molecule has 7 heteroatoms. The first-order valence-corrected chi connectivity index (χ1v) is 6.73. The van der Waals surface area contributed by atoms with E-state index in [1.165, 1.54) is 0 Å². The molecule has 0 aliphatic carbocycles. The highest BCUT2D eigenvalue weighted by Crippen LogP contribution is 2.07. The number of aliphatic hydroxyl groups excluding tert-OH is 1. The van der Waals surface area contributed by atoms with Crippen LogP contribution in [0.5, 0.6) is 0 Å². The van der Waals surface area contributed by atoms with Crippen LogP contribution in [-0.2, 0) is 28.7 Å². The average molecular weight is 233 g/mol. The standard InChI is InChI=1S/C8H15N3O3S/c1-3-4-11-7(5-12)9-10-8(11)6-15(2,13)14/h12H,3-6H2,1-2H3. The van der Waals surface area contributed by atoms with Crippen LogP contribution in [0.1, 0.15) is 25.0 Å². The van der Waals surface area contributed by atoms with Crippen molar-refractivity contribution in [3.05, 3.63) is 11.6 Å². The van der Waals surface area contributed by atoms with Crippen LogP contribution >= 0.6 is 0 Å². The number of aromatic nitrogens is 3. The van der Waals surface area contributed by atoms with Crippen molar-refractivity contribution < 1.29 is 13.5 Å². The predicted molar refractivity (Wildman–Crippen MR) is 54.8 cm³/mol. The zero-order chi connectivity index (χ0) is 11.5. The molecule has 0 amide bonds. The molecule has 15 heavy (non-hydrogen) atoms. The molecule has 0 aromatic carbocycles. The van der Waals surface area contributed by atoms with Crippen LogP contribution in [0.3, 0.4) is 0 Å². The predicted octanol–water partition coefficient (Wildman–Crippen LogP) is -0.275. The van der Waals surface area contributed by atoms with Crippen LogP contribution in [-0.4, -0.2) is 34.5 Å². The van der Waals surface area contributed by atoms with E-state index in [1.54, 1.807) is 4.57 Å². The number of nitrogens with zero attached hydrogens (tertiary/aromatic N) is 3. The number of sulfone groups is 1. The van der Waals surface area contributed by atoms with Gasteiger partial charge in [0.05, 0.1) is 0 Å². The number of rotatable bonds is 5. The molecule has 0 radical (unpaired) electrons. The minimum absolute atomic E-state index is 0.139. The summed E-state index contributed by atoms with van der Waals surface area (Å²) in [5.74, 6) is 0.666. The Morgan fingerprint density at radius 2 is 1.93 bits per heavy atom. The van der Waals surface area contributed by atoms with Crippen LogP contribution in [0.2, 0.25) is 0 Å². The van der Waals surface area contributed by atoms with Crippen molar-refractivity contribution in [1.29, 1.82) is 0 Å². The first-order valence-electron chi connectivity index (χ1n) is 4.67. The Morgan fingerprint density at radius 1 is 1.33 bits per heavy atom. The van der Waals surface area contributed by atoms with Gasteiger partial charge in [0, 0.05) is 12.8 Å². The molecule has 0 atom stereocenters. The maximum atomic E-state index is 11.1. The SMILES string of the molecule is CCCn1c(CO)nnc1CS(C)(=O)=O. The molecule has 0 spiro atoms. The van der Waals surface area contributed by atoms with Crippen LogP contribution in [0.25, 0.3) is 0 Å². The quantitative estimate of drug-likeness (QED) is 0.756. The lowest BCUT2D eigenvalue weighted by atomic mass is 10.4. The summed E-state index contributed by atoms with van der Waals surface area (Å²) >= 11 is 0. The minimum atomic E-state index is -3.12. The molecule has 0 aliphatic heterocycles. The summed E-state index contributed by atoms with van der Waals surface area (Å²) in [5, 5.41) is 16.5. The molecule has 1 aromatic rings. The van der Waals surface area contributed by atoms with E-state index < -0.39 is 9.84 Å². The summed E-state index contributed by atoms with van der Waals surface area (Å²) in [6.07, 6.45) is 1.98. The van der Waals surface area contributed by atoms with E-state index in [0.717, 1.165) is 12.7 Å². The van der Waals surface area contributed by atoms with Crippen molar-refractivity contribution >= 4 is 9.84 Å². The molecule has 1 N–H and O–H groups in total. The average Bonchev–Trinajstić information content (AvgIpc) is 2.47. The number of hydrogen-bond donors (Lipinski definition) is 1. The molecule has 1 heterocycles. The molecule has 6 nitrogen and oxygen atoms in total. The van der Waals surface area contributed by atoms with Gasteiger partial charge in [0.15, 0.2) is 15.7 Å². The summed E-state index contributed by atoms with van der Waals surface area (Å²) in [6.45, 7) is 2.36. The normalized spacial score (nSPS) is 11.9.